The third-order valence-electron chi connectivity index (χ3n) is 5.43. The number of fused-ring (bicyclic) bond motifs is 1. The van der Waals surface area contributed by atoms with Crippen LogP contribution in [0.3, 0.4) is 0 Å². The molecule has 0 saturated carbocycles. The highest BCUT2D eigenvalue weighted by Gasteiger charge is 2.27. The summed E-state index contributed by atoms with van der Waals surface area (Å²) < 4.78 is 0. The van der Waals surface area contributed by atoms with Crippen molar-refractivity contribution in [3.63, 3.8) is 0 Å². The Morgan fingerprint density at radius 1 is 1.21 bits per heavy atom. The lowest BCUT2D eigenvalue weighted by Crippen LogP contribution is -2.42. The fourth-order valence-electron chi connectivity index (χ4n) is 3.43. The fourth-order valence-corrected chi connectivity index (χ4v) is 3.43. The molecule has 0 atom stereocenters. The van der Waals surface area contributed by atoms with E-state index < -0.39 is 5.41 Å². The molecule has 9 nitrogen and oxygen atoms in total. The van der Waals surface area contributed by atoms with E-state index in [0.29, 0.717) is 29.9 Å². The number of carbonyl (C=O) groups is 1. The van der Waals surface area contributed by atoms with Gasteiger partial charge < -0.3 is 16.4 Å². The number of hydrogen-bond donors (Lipinski definition) is 5. The number of pyridine rings is 1. The minimum absolute atomic E-state index is 0.101. The number of rotatable bonds is 7. The molecule has 2 aromatic heterocycles. The van der Waals surface area contributed by atoms with Crippen LogP contribution < -0.4 is 16.4 Å². The number of aromatic nitrogens is 3. The molecule has 1 amide bonds. The molecular weight excluding hydrogens is 416 g/mol. The highest BCUT2D eigenvalue weighted by molar-refractivity contribution is 6.32. The summed E-state index contributed by atoms with van der Waals surface area (Å²) in [6.07, 6.45) is 5.03. The zero-order chi connectivity index (χ0) is 23.4. The highest BCUT2D eigenvalue weighted by atomic mass is 16.2. The van der Waals surface area contributed by atoms with Gasteiger partial charge in [0.2, 0.25) is 5.91 Å². The second-order valence-electron chi connectivity index (χ2n) is 8.40. The Morgan fingerprint density at radius 2 is 2.06 bits per heavy atom. The molecule has 0 aliphatic carbocycles. The van der Waals surface area contributed by atoms with Gasteiger partial charge in [-0.3, -0.25) is 20.3 Å². The predicted octanol–water partition coefficient (Wildman–Crippen LogP) is 2.66. The maximum atomic E-state index is 12.6. The van der Waals surface area contributed by atoms with Crippen molar-refractivity contribution in [3.8, 4) is 11.3 Å². The lowest BCUT2D eigenvalue weighted by molar-refractivity contribution is -0.129. The molecule has 0 fully saturated rings. The van der Waals surface area contributed by atoms with Gasteiger partial charge >= 0.3 is 0 Å². The van der Waals surface area contributed by atoms with Crippen LogP contribution >= 0.6 is 0 Å². The van der Waals surface area contributed by atoms with Gasteiger partial charge in [0.1, 0.15) is 5.84 Å². The minimum Gasteiger partial charge on any atom is -0.389 e. The summed E-state index contributed by atoms with van der Waals surface area (Å²) in [6.45, 7) is 4.42. The second kappa shape index (κ2) is 9.07. The zero-order valence-electron chi connectivity index (χ0n) is 18.5. The van der Waals surface area contributed by atoms with E-state index >= 15 is 0 Å². The first kappa shape index (κ1) is 21.9. The molecule has 168 valence electrons. The molecule has 0 radical (unpaired) electrons. The van der Waals surface area contributed by atoms with Gasteiger partial charge in [-0.15, -0.1) is 0 Å². The topological polar surface area (TPSA) is 145 Å². The van der Waals surface area contributed by atoms with Crippen LogP contribution in [-0.2, 0) is 11.3 Å². The summed E-state index contributed by atoms with van der Waals surface area (Å²) in [7, 11) is 0. The maximum absolute atomic E-state index is 12.6. The summed E-state index contributed by atoms with van der Waals surface area (Å²) >= 11 is 0. The molecule has 1 aromatic carbocycles. The van der Waals surface area contributed by atoms with Crippen LogP contribution in [0.15, 0.2) is 71.6 Å². The van der Waals surface area contributed by atoms with Gasteiger partial charge in [0, 0.05) is 36.3 Å². The van der Waals surface area contributed by atoms with Gasteiger partial charge in [0.05, 0.1) is 40.3 Å². The van der Waals surface area contributed by atoms with E-state index in [4.69, 9.17) is 11.1 Å². The molecule has 3 aromatic rings. The van der Waals surface area contributed by atoms with Crippen LogP contribution in [0.5, 0.6) is 0 Å². The van der Waals surface area contributed by atoms with Gasteiger partial charge in [-0.2, -0.15) is 5.10 Å². The third kappa shape index (κ3) is 4.82. The SMILES string of the molecule is CC(C)(CN/C=C1\C(=N)c2ccc(-c3ccn[nH]3)cc2N=C1N)C(=O)NCc1ccccn1. The molecule has 9 heteroatoms. The molecule has 0 unspecified atom stereocenters. The molecule has 6 N–H and O–H groups in total. The van der Waals surface area contributed by atoms with Crippen molar-refractivity contribution in [1.82, 2.24) is 25.8 Å². The van der Waals surface area contributed by atoms with Crippen molar-refractivity contribution in [3.05, 3.63) is 77.9 Å². The van der Waals surface area contributed by atoms with E-state index in [1.807, 2.05) is 56.3 Å². The van der Waals surface area contributed by atoms with Crippen LogP contribution in [0.4, 0.5) is 5.69 Å². The molecule has 1 aliphatic rings. The number of nitrogens with one attached hydrogen (secondary N) is 4. The number of amides is 1. The second-order valence-corrected chi connectivity index (χ2v) is 8.40. The number of nitrogens with two attached hydrogens (primary N) is 1. The van der Waals surface area contributed by atoms with Gasteiger partial charge in [0.15, 0.2) is 0 Å². The molecular formula is C24H26N8O. The number of nitrogens with zero attached hydrogens (tertiary/aromatic N) is 3. The predicted molar refractivity (Wildman–Crippen MR) is 128 cm³/mol. The molecule has 0 saturated heterocycles. The normalized spacial score (nSPS) is 14.5. The smallest absolute Gasteiger partial charge is 0.227 e. The van der Waals surface area contributed by atoms with Crippen molar-refractivity contribution in [2.24, 2.45) is 16.1 Å². The Balaban J connectivity index is 1.42. The lowest BCUT2D eigenvalue weighted by Gasteiger charge is -2.24. The van der Waals surface area contributed by atoms with E-state index in [0.717, 1.165) is 17.0 Å². The number of aliphatic imine (C=N–C) groups is 1. The number of carbonyl (C=O) groups excluding carboxylic acids is 1. The molecule has 33 heavy (non-hydrogen) atoms. The van der Waals surface area contributed by atoms with Crippen molar-refractivity contribution >= 4 is 23.1 Å². The van der Waals surface area contributed by atoms with Gasteiger partial charge in [-0.25, -0.2) is 4.99 Å². The average Bonchev–Trinajstić information content (AvgIpc) is 3.35. The van der Waals surface area contributed by atoms with Gasteiger partial charge in [-0.05, 0) is 44.2 Å². The van der Waals surface area contributed by atoms with Crippen LogP contribution in [0.25, 0.3) is 11.3 Å². The van der Waals surface area contributed by atoms with Crippen molar-refractivity contribution in [2.75, 3.05) is 6.54 Å². The van der Waals surface area contributed by atoms with Crippen LogP contribution in [0.2, 0.25) is 0 Å². The fraction of sp³-hybridized carbons (Fsp3) is 0.208. The Bertz CT molecular complexity index is 1230. The largest absolute Gasteiger partial charge is 0.389 e. The van der Waals surface area contributed by atoms with Crippen molar-refractivity contribution < 1.29 is 4.79 Å². The molecule has 4 rings (SSSR count). The third-order valence-corrected chi connectivity index (χ3v) is 5.43. The Morgan fingerprint density at radius 3 is 2.79 bits per heavy atom. The van der Waals surface area contributed by atoms with Crippen LogP contribution in [0, 0.1) is 10.8 Å². The first-order chi connectivity index (χ1) is 15.8. The van der Waals surface area contributed by atoms with Crippen molar-refractivity contribution in [2.45, 2.75) is 20.4 Å². The minimum atomic E-state index is -0.689. The number of aromatic amines is 1. The molecule has 0 bridgehead atoms. The summed E-state index contributed by atoms with van der Waals surface area (Å²) in [5.74, 6) is 0.148. The molecule has 0 spiro atoms. The van der Waals surface area contributed by atoms with E-state index in [9.17, 15) is 4.79 Å². The van der Waals surface area contributed by atoms with E-state index in [1.54, 1.807) is 18.6 Å². The quantitative estimate of drug-likeness (QED) is 0.382. The first-order valence-corrected chi connectivity index (χ1v) is 10.5. The Labute approximate surface area is 191 Å². The van der Waals surface area contributed by atoms with E-state index in [2.05, 4.69) is 30.8 Å². The Kier molecular flexibility index (Phi) is 6.03. The highest BCUT2D eigenvalue weighted by Crippen LogP contribution is 2.31. The summed E-state index contributed by atoms with van der Waals surface area (Å²) in [4.78, 5) is 21.3. The number of benzene rings is 1. The molecule has 3 heterocycles. The zero-order valence-corrected chi connectivity index (χ0v) is 18.5. The maximum Gasteiger partial charge on any atom is 0.227 e. The number of hydrogen-bond acceptors (Lipinski definition) is 7. The van der Waals surface area contributed by atoms with Crippen molar-refractivity contribution in [1.29, 1.82) is 5.41 Å². The Hall–Kier alpha value is -4.27. The monoisotopic (exact) mass is 442 g/mol. The van der Waals surface area contributed by atoms with Crippen LogP contribution in [0.1, 0.15) is 25.1 Å². The molecule has 1 aliphatic heterocycles. The first-order valence-electron chi connectivity index (χ1n) is 10.5. The van der Waals surface area contributed by atoms with E-state index in [1.165, 1.54) is 0 Å². The lowest BCUT2D eigenvalue weighted by atomic mass is 9.92. The number of amidine groups is 1. The summed E-state index contributed by atoms with van der Waals surface area (Å²) in [5, 5.41) is 21.6. The average molecular weight is 443 g/mol. The van der Waals surface area contributed by atoms with E-state index in [-0.39, 0.29) is 17.5 Å². The number of H-pyrrole nitrogens is 1. The van der Waals surface area contributed by atoms with Gasteiger partial charge in [-0.1, -0.05) is 12.1 Å². The summed E-state index contributed by atoms with van der Waals surface area (Å²) in [6, 6.07) is 13.1. The van der Waals surface area contributed by atoms with Crippen LogP contribution in [-0.4, -0.2) is 39.2 Å². The summed E-state index contributed by atoms with van der Waals surface area (Å²) in [5.41, 5.74) is 10.1. The standard InChI is InChI=1S/C24H26N8O/c1-24(2,23(33)29-12-16-5-3-4-9-28-16)14-27-13-18-21(25)17-7-6-15(19-8-10-30-32-19)11-20(17)31-22(18)26/h3-11,13,25,27H,12,14H2,1-2H3,(H2,26,31)(H,29,33)(H,30,32)/b18-13+,25-21?. The van der Waals surface area contributed by atoms with Gasteiger partial charge in [0.25, 0.3) is 0 Å².